The Morgan fingerprint density at radius 2 is 2.14 bits per heavy atom. The molecule has 3 heterocycles. The molecule has 4 rings (SSSR count). The van der Waals surface area contributed by atoms with Crippen molar-refractivity contribution < 1.29 is 4.79 Å². The first-order valence-electron chi connectivity index (χ1n) is 10.1. The highest BCUT2D eigenvalue weighted by atomic mass is 32.1. The Kier molecular flexibility index (Phi) is 5.19. The van der Waals surface area contributed by atoms with E-state index in [1.54, 1.807) is 11.3 Å². The maximum Gasteiger partial charge on any atom is 0.226 e. The fourth-order valence-electron chi connectivity index (χ4n) is 4.07. The lowest BCUT2D eigenvalue weighted by Gasteiger charge is -2.18. The van der Waals surface area contributed by atoms with Gasteiger partial charge in [-0.25, -0.2) is 14.5 Å². The average Bonchev–Trinajstić information content (AvgIpc) is 3.22. The van der Waals surface area contributed by atoms with Crippen LogP contribution in [0.1, 0.15) is 59.4 Å². The summed E-state index contributed by atoms with van der Waals surface area (Å²) in [6.45, 7) is 8.26. The van der Waals surface area contributed by atoms with Crippen LogP contribution in [0.5, 0.6) is 0 Å². The molecule has 0 bridgehead atoms. The molecule has 1 amide bonds. The molecule has 1 aliphatic rings. The minimum atomic E-state index is 0.00804. The first-order chi connectivity index (χ1) is 13.4. The quantitative estimate of drug-likeness (QED) is 0.700. The molecule has 6 nitrogen and oxygen atoms in total. The van der Waals surface area contributed by atoms with Crippen molar-refractivity contribution in [1.82, 2.24) is 19.6 Å². The van der Waals surface area contributed by atoms with E-state index in [1.165, 1.54) is 23.4 Å². The zero-order valence-corrected chi connectivity index (χ0v) is 17.8. The molecule has 0 aromatic carbocycles. The number of nitrogens with zero attached hydrogens (tertiary/aromatic N) is 4. The van der Waals surface area contributed by atoms with Gasteiger partial charge < -0.3 is 5.32 Å². The van der Waals surface area contributed by atoms with Gasteiger partial charge in [-0.05, 0) is 57.9 Å². The Balaban J connectivity index is 1.43. The molecule has 7 heteroatoms. The van der Waals surface area contributed by atoms with E-state index in [4.69, 9.17) is 0 Å². The highest BCUT2D eigenvalue weighted by molar-refractivity contribution is 7.15. The lowest BCUT2D eigenvalue weighted by molar-refractivity contribution is -0.116. The molecule has 0 radical (unpaired) electrons. The van der Waals surface area contributed by atoms with Crippen molar-refractivity contribution in [2.24, 2.45) is 5.92 Å². The molecule has 0 fully saturated rings. The van der Waals surface area contributed by atoms with E-state index in [2.05, 4.69) is 27.3 Å². The molecule has 1 aliphatic carbocycles. The van der Waals surface area contributed by atoms with Crippen molar-refractivity contribution in [1.29, 1.82) is 0 Å². The third kappa shape index (κ3) is 3.68. The van der Waals surface area contributed by atoms with Crippen LogP contribution in [0.3, 0.4) is 0 Å². The number of anilines is 1. The molecule has 1 N–H and O–H groups in total. The molecule has 1 unspecified atom stereocenters. The second-order valence-electron chi connectivity index (χ2n) is 7.77. The van der Waals surface area contributed by atoms with Crippen molar-refractivity contribution in [3.8, 4) is 0 Å². The second kappa shape index (κ2) is 7.62. The highest BCUT2D eigenvalue weighted by Crippen LogP contribution is 2.33. The van der Waals surface area contributed by atoms with Gasteiger partial charge in [0.1, 0.15) is 0 Å². The van der Waals surface area contributed by atoms with Crippen LogP contribution in [0.2, 0.25) is 0 Å². The summed E-state index contributed by atoms with van der Waals surface area (Å²) in [5.74, 6) is 0.768. The summed E-state index contributed by atoms with van der Waals surface area (Å²) in [6, 6.07) is 1.98. The molecule has 1 atom stereocenters. The fourth-order valence-corrected chi connectivity index (χ4v) is 5.21. The Hall–Kier alpha value is -2.28. The van der Waals surface area contributed by atoms with E-state index in [-0.39, 0.29) is 5.91 Å². The summed E-state index contributed by atoms with van der Waals surface area (Å²) in [6.07, 6.45) is 5.62. The zero-order chi connectivity index (χ0) is 19.8. The van der Waals surface area contributed by atoms with Crippen molar-refractivity contribution in [3.63, 3.8) is 0 Å². The van der Waals surface area contributed by atoms with Crippen LogP contribution >= 0.6 is 11.3 Å². The molecule has 3 aromatic rings. The van der Waals surface area contributed by atoms with Crippen LogP contribution in [0, 0.1) is 26.7 Å². The zero-order valence-electron chi connectivity index (χ0n) is 17.0. The number of carbonyl (C=O) groups excluding carboxylic acids is 1. The van der Waals surface area contributed by atoms with Crippen molar-refractivity contribution >= 4 is 28.0 Å². The number of amides is 1. The number of rotatable bonds is 5. The molecule has 148 valence electrons. The minimum Gasteiger partial charge on any atom is -0.302 e. The summed E-state index contributed by atoms with van der Waals surface area (Å²) in [5, 5.41) is 8.26. The summed E-state index contributed by atoms with van der Waals surface area (Å²) < 4.78 is 1.87. The maximum atomic E-state index is 12.5. The van der Waals surface area contributed by atoms with Crippen molar-refractivity contribution in [2.45, 2.75) is 66.2 Å². The number of aromatic nitrogens is 4. The lowest BCUT2D eigenvalue weighted by Crippen LogP contribution is -2.14. The number of thiazole rings is 1. The smallest absolute Gasteiger partial charge is 0.226 e. The van der Waals surface area contributed by atoms with Gasteiger partial charge in [-0.2, -0.15) is 5.10 Å². The first-order valence-corrected chi connectivity index (χ1v) is 10.9. The van der Waals surface area contributed by atoms with Gasteiger partial charge in [0, 0.05) is 28.8 Å². The van der Waals surface area contributed by atoms with Gasteiger partial charge in [0.15, 0.2) is 10.8 Å². The van der Waals surface area contributed by atoms with Crippen molar-refractivity contribution in [2.75, 3.05) is 5.32 Å². The van der Waals surface area contributed by atoms with Gasteiger partial charge in [0.05, 0.1) is 11.4 Å². The number of nitrogens with one attached hydrogen (secondary N) is 1. The summed E-state index contributed by atoms with van der Waals surface area (Å²) in [7, 11) is 0. The second-order valence-corrected chi connectivity index (χ2v) is 8.85. The van der Waals surface area contributed by atoms with E-state index in [0.717, 1.165) is 52.2 Å². The molecule has 28 heavy (non-hydrogen) atoms. The lowest BCUT2D eigenvalue weighted by atomic mass is 9.89. The third-order valence-corrected chi connectivity index (χ3v) is 6.79. The van der Waals surface area contributed by atoms with Gasteiger partial charge in [0.25, 0.3) is 0 Å². The molecule has 0 spiro atoms. The van der Waals surface area contributed by atoms with Crippen LogP contribution in [0.25, 0.3) is 5.65 Å². The van der Waals surface area contributed by atoms with E-state index in [9.17, 15) is 4.79 Å². The van der Waals surface area contributed by atoms with Gasteiger partial charge >= 0.3 is 0 Å². The molecular weight excluding hydrogens is 370 g/mol. The summed E-state index contributed by atoms with van der Waals surface area (Å²) >= 11 is 1.65. The van der Waals surface area contributed by atoms with Crippen LogP contribution < -0.4 is 5.32 Å². The third-order valence-electron chi connectivity index (χ3n) is 5.75. The standard InChI is InChI=1S/C21H27N5OS/c1-5-15-6-8-17-18(11-15)28-21(23-17)24-20(27)9-7-16-13(3)22-19-10-12(2)25-26(19)14(16)4/h10,15H,5-9,11H2,1-4H3,(H,23,24,27). The molecule has 0 saturated heterocycles. The number of hydrogen-bond acceptors (Lipinski definition) is 5. The average molecular weight is 398 g/mol. The Morgan fingerprint density at radius 1 is 1.32 bits per heavy atom. The Bertz CT molecular complexity index is 1040. The number of hydrogen-bond donors (Lipinski definition) is 1. The van der Waals surface area contributed by atoms with Crippen LogP contribution in [-0.4, -0.2) is 25.5 Å². The van der Waals surface area contributed by atoms with Crippen molar-refractivity contribution in [3.05, 3.63) is 39.3 Å². The van der Waals surface area contributed by atoms with Gasteiger partial charge in [0.2, 0.25) is 5.91 Å². The first kappa shape index (κ1) is 19.1. The predicted octanol–water partition coefficient (Wildman–Crippen LogP) is 4.20. The van der Waals surface area contributed by atoms with Gasteiger partial charge in [-0.3, -0.25) is 4.79 Å². The van der Waals surface area contributed by atoms with E-state index in [0.29, 0.717) is 12.8 Å². The van der Waals surface area contributed by atoms with Crippen LogP contribution in [0.15, 0.2) is 6.07 Å². The van der Waals surface area contributed by atoms with E-state index >= 15 is 0 Å². The maximum absolute atomic E-state index is 12.5. The Morgan fingerprint density at radius 3 is 2.93 bits per heavy atom. The normalized spacial score (nSPS) is 16.4. The molecule has 3 aromatic heterocycles. The van der Waals surface area contributed by atoms with Crippen LogP contribution in [-0.2, 0) is 24.1 Å². The highest BCUT2D eigenvalue weighted by Gasteiger charge is 2.22. The monoisotopic (exact) mass is 397 g/mol. The number of carbonyl (C=O) groups is 1. The fraction of sp³-hybridized carbons (Fsp3) is 0.524. The molecule has 0 saturated carbocycles. The SMILES string of the molecule is CCC1CCc2nc(NC(=O)CCc3c(C)nc4cc(C)nn4c3C)sc2C1. The largest absolute Gasteiger partial charge is 0.302 e. The van der Waals surface area contributed by atoms with Gasteiger partial charge in [-0.1, -0.05) is 13.3 Å². The predicted molar refractivity (Wildman–Crippen MR) is 112 cm³/mol. The molecular formula is C21H27N5OS. The van der Waals surface area contributed by atoms with E-state index < -0.39 is 0 Å². The summed E-state index contributed by atoms with van der Waals surface area (Å²) in [4.78, 5) is 23.2. The van der Waals surface area contributed by atoms with Gasteiger partial charge in [-0.15, -0.1) is 11.3 Å². The van der Waals surface area contributed by atoms with E-state index in [1.807, 2.05) is 31.4 Å². The molecule has 0 aliphatic heterocycles. The number of aryl methyl sites for hydroxylation is 4. The Labute approximate surface area is 169 Å². The topological polar surface area (TPSA) is 72.2 Å². The summed E-state index contributed by atoms with van der Waals surface area (Å²) in [5.41, 5.74) is 6.10. The minimum absolute atomic E-state index is 0.00804. The van der Waals surface area contributed by atoms with Crippen LogP contribution in [0.4, 0.5) is 5.13 Å². The number of fused-ring (bicyclic) bond motifs is 2.